The van der Waals surface area contributed by atoms with Crippen molar-refractivity contribution in [2.75, 3.05) is 31.6 Å². The Balaban J connectivity index is 1.60. The first-order valence-electron chi connectivity index (χ1n) is 5.88. The summed E-state index contributed by atoms with van der Waals surface area (Å²) in [4.78, 5) is 8.26. The molecule has 0 atom stereocenters. The summed E-state index contributed by atoms with van der Waals surface area (Å²) in [6.07, 6.45) is 6.07. The summed E-state index contributed by atoms with van der Waals surface area (Å²) < 4.78 is 6.64. The fraction of sp³-hybridized carbons (Fsp3) is 0.636. The number of aromatic nitrogens is 2. The first kappa shape index (κ1) is 12.7. The third-order valence-corrected chi connectivity index (χ3v) is 3.05. The molecule has 0 aliphatic carbocycles. The van der Waals surface area contributed by atoms with Crippen LogP contribution in [0, 0.1) is 0 Å². The van der Waals surface area contributed by atoms with Gasteiger partial charge in [0.15, 0.2) is 0 Å². The standard InChI is InChI=1S/C11H17BrN4O/c12-9-7-15-11(16-8-9)14-5-6-17-10-1-3-13-4-2-10/h7-8,10,13H,1-6H2,(H,14,15,16). The SMILES string of the molecule is Brc1cnc(NCCOC2CCNCC2)nc1. The van der Waals surface area contributed by atoms with Gasteiger partial charge in [-0.2, -0.15) is 0 Å². The first-order chi connectivity index (χ1) is 8.34. The molecular formula is C11H17BrN4O. The van der Waals surface area contributed by atoms with Crippen LogP contribution in [0.4, 0.5) is 5.95 Å². The van der Waals surface area contributed by atoms with Crippen LogP contribution in [-0.4, -0.2) is 42.3 Å². The number of ether oxygens (including phenoxy) is 1. The Morgan fingerprint density at radius 3 is 2.76 bits per heavy atom. The normalized spacial score (nSPS) is 17.0. The molecule has 1 aromatic rings. The summed E-state index contributed by atoms with van der Waals surface area (Å²) >= 11 is 3.30. The third-order valence-electron chi connectivity index (χ3n) is 2.65. The van der Waals surface area contributed by atoms with E-state index in [2.05, 4.69) is 36.5 Å². The molecule has 0 radical (unpaired) electrons. The molecule has 2 heterocycles. The fourth-order valence-electron chi connectivity index (χ4n) is 1.75. The summed E-state index contributed by atoms with van der Waals surface area (Å²) in [6, 6.07) is 0. The second kappa shape index (κ2) is 6.88. The van der Waals surface area contributed by atoms with E-state index in [4.69, 9.17) is 4.74 Å². The van der Waals surface area contributed by atoms with Gasteiger partial charge < -0.3 is 15.4 Å². The summed E-state index contributed by atoms with van der Waals surface area (Å²) in [5.41, 5.74) is 0. The van der Waals surface area contributed by atoms with Crippen molar-refractivity contribution >= 4 is 21.9 Å². The van der Waals surface area contributed by atoms with E-state index in [9.17, 15) is 0 Å². The van der Waals surface area contributed by atoms with Crippen LogP contribution in [0.25, 0.3) is 0 Å². The van der Waals surface area contributed by atoms with Crippen LogP contribution in [0.1, 0.15) is 12.8 Å². The molecule has 2 N–H and O–H groups in total. The second-order valence-corrected chi connectivity index (χ2v) is 4.89. The maximum Gasteiger partial charge on any atom is 0.222 e. The van der Waals surface area contributed by atoms with E-state index in [1.807, 2.05) is 0 Å². The van der Waals surface area contributed by atoms with Crippen molar-refractivity contribution in [2.24, 2.45) is 0 Å². The largest absolute Gasteiger partial charge is 0.376 e. The zero-order valence-corrected chi connectivity index (χ0v) is 11.2. The Labute approximate surface area is 110 Å². The van der Waals surface area contributed by atoms with Crippen LogP contribution in [0.2, 0.25) is 0 Å². The molecule has 0 bridgehead atoms. The Morgan fingerprint density at radius 1 is 1.35 bits per heavy atom. The smallest absolute Gasteiger partial charge is 0.222 e. The van der Waals surface area contributed by atoms with Gasteiger partial charge in [-0.3, -0.25) is 0 Å². The molecule has 1 saturated heterocycles. The van der Waals surface area contributed by atoms with Gasteiger partial charge in [-0.15, -0.1) is 0 Å². The Bertz CT molecular complexity index is 327. The van der Waals surface area contributed by atoms with Crippen molar-refractivity contribution in [3.05, 3.63) is 16.9 Å². The molecule has 2 rings (SSSR count). The van der Waals surface area contributed by atoms with E-state index in [1.54, 1.807) is 12.4 Å². The monoisotopic (exact) mass is 300 g/mol. The molecule has 0 amide bonds. The van der Waals surface area contributed by atoms with E-state index >= 15 is 0 Å². The third kappa shape index (κ3) is 4.57. The minimum Gasteiger partial charge on any atom is -0.376 e. The molecule has 1 aliphatic rings. The number of hydrogen-bond donors (Lipinski definition) is 2. The molecule has 5 nitrogen and oxygen atoms in total. The van der Waals surface area contributed by atoms with E-state index in [0.717, 1.165) is 36.9 Å². The lowest BCUT2D eigenvalue weighted by Crippen LogP contribution is -2.33. The highest BCUT2D eigenvalue weighted by Crippen LogP contribution is 2.08. The summed E-state index contributed by atoms with van der Waals surface area (Å²) in [5.74, 6) is 0.641. The molecule has 0 spiro atoms. The number of hydrogen-bond acceptors (Lipinski definition) is 5. The average Bonchev–Trinajstić information content (AvgIpc) is 2.38. The molecule has 0 aromatic carbocycles. The number of halogens is 1. The van der Waals surface area contributed by atoms with Gasteiger partial charge in [0.05, 0.1) is 17.2 Å². The molecule has 17 heavy (non-hydrogen) atoms. The van der Waals surface area contributed by atoms with E-state index in [0.29, 0.717) is 18.7 Å². The molecule has 0 saturated carbocycles. The molecule has 1 aromatic heterocycles. The van der Waals surface area contributed by atoms with Crippen LogP contribution < -0.4 is 10.6 Å². The Kier molecular flexibility index (Phi) is 5.15. The molecule has 1 aliphatic heterocycles. The van der Waals surface area contributed by atoms with Gasteiger partial charge in [-0.1, -0.05) is 0 Å². The molecular weight excluding hydrogens is 284 g/mol. The van der Waals surface area contributed by atoms with Crippen molar-refractivity contribution in [1.29, 1.82) is 0 Å². The minimum absolute atomic E-state index is 0.406. The average molecular weight is 301 g/mol. The zero-order chi connectivity index (χ0) is 11.9. The maximum atomic E-state index is 5.76. The van der Waals surface area contributed by atoms with Crippen LogP contribution in [0.5, 0.6) is 0 Å². The van der Waals surface area contributed by atoms with Crippen molar-refractivity contribution in [2.45, 2.75) is 18.9 Å². The van der Waals surface area contributed by atoms with Gasteiger partial charge in [0.1, 0.15) is 0 Å². The maximum absolute atomic E-state index is 5.76. The molecule has 6 heteroatoms. The predicted octanol–water partition coefficient (Wildman–Crippen LogP) is 1.42. The van der Waals surface area contributed by atoms with Crippen molar-refractivity contribution in [1.82, 2.24) is 15.3 Å². The van der Waals surface area contributed by atoms with Gasteiger partial charge in [0, 0.05) is 18.9 Å². The highest BCUT2D eigenvalue weighted by atomic mass is 79.9. The highest BCUT2D eigenvalue weighted by molar-refractivity contribution is 9.10. The minimum atomic E-state index is 0.406. The van der Waals surface area contributed by atoms with Gasteiger partial charge in [0.2, 0.25) is 5.95 Å². The van der Waals surface area contributed by atoms with Crippen molar-refractivity contribution in [3.63, 3.8) is 0 Å². The second-order valence-electron chi connectivity index (χ2n) is 3.97. The van der Waals surface area contributed by atoms with Crippen molar-refractivity contribution in [3.8, 4) is 0 Å². The van der Waals surface area contributed by atoms with E-state index < -0.39 is 0 Å². The first-order valence-corrected chi connectivity index (χ1v) is 6.67. The van der Waals surface area contributed by atoms with E-state index in [-0.39, 0.29) is 0 Å². The fourth-order valence-corrected chi connectivity index (χ4v) is 1.96. The van der Waals surface area contributed by atoms with Crippen LogP contribution in [0.15, 0.2) is 16.9 Å². The molecule has 94 valence electrons. The summed E-state index contributed by atoms with van der Waals surface area (Å²) in [5, 5.41) is 6.44. The summed E-state index contributed by atoms with van der Waals surface area (Å²) in [7, 11) is 0. The zero-order valence-electron chi connectivity index (χ0n) is 9.66. The Morgan fingerprint density at radius 2 is 2.06 bits per heavy atom. The van der Waals surface area contributed by atoms with Crippen LogP contribution in [0.3, 0.4) is 0 Å². The lowest BCUT2D eigenvalue weighted by atomic mass is 10.1. The van der Waals surface area contributed by atoms with Gasteiger partial charge in [0.25, 0.3) is 0 Å². The number of nitrogens with zero attached hydrogens (tertiary/aromatic N) is 2. The van der Waals surface area contributed by atoms with E-state index in [1.165, 1.54) is 0 Å². The lowest BCUT2D eigenvalue weighted by molar-refractivity contribution is 0.0394. The van der Waals surface area contributed by atoms with Gasteiger partial charge in [-0.05, 0) is 41.9 Å². The van der Waals surface area contributed by atoms with Crippen LogP contribution in [-0.2, 0) is 4.74 Å². The van der Waals surface area contributed by atoms with Crippen LogP contribution >= 0.6 is 15.9 Å². The van der Waals surface area contributed by atoms with Gasteiger partial charge >= 0.3 is 0 Å². The lowest BCUT2D eigenvalue weighted by Gasteiger charge is -2.22. The number of anilines is 1. The molecule has 1 fully saturated rings. The van der Waals surface area contributed by atoms with Gasteiger partial charge in [-0.25, -0.2) is 9.97 Å². The molecule has 0 unspecified atom stereocenters. The number of nitrogens with one attached hydrogen (secondary N) is 2. The highest BCUT2D eigenvalue weighted by Gasteiger charge is 2.12. The van der Waals surface area contributed by atoms with Crippen molar-refractivity contribution < 1.29 is 4.74 Å². The quantitative estimate of drug-likeness (QED) is 0.806. The Hall–Kier alpha value is -0.720. The topological polar surface area (TPSA) is 59.1 Å². The number of piperidine rings is 1. The predicted molar refractivity (Wildman–Crippen MR) is 70.1 cm³/mol. The summed E-state index contributed by atoms with van der Waals surface area (Å²) in [6.45, 7) is 3.57. The number of rotatable bonds is 5.